The third-order valence-electron chi connectivity index (χ3n) is 4.15. The maximum absolute atomic E-state index is 12.7. The number of nitrogens with zero attached hydrogens (tertiary/aromatic N) is 4. The number of amides is 2. The number of non-ortho nitro benzene ring substituents is 1. The maximum Gasteiger partial charge on any atom is 0.269 e. The van der Waals surface area contributed by atoms with Crippen LogP contribution < -0.4 is 5.32 Å². The first-order valence-corrected chi connectivity index (χ1v) is 9.00. The lowest BCUT2D eigenvalue weighted by Gasteiger charge is -2.27. The maximum atomic E-state index is 12.7. The van der Waals surface area contributed by atoms with Gasteiger partial charge in [-0.15, -0.1) is 6.58 Å². The molecule has 3 rings (SSSR count). The largest absolute Gasteiger partial charge is 0.298 e. The molecule has 9 nitrogen and oxygen atoms in total. The molecule has 2 amide bonds. The predicted octanol–water partition coefficient (Wildman–Crippen LogP) is 2.46. The van der Waals surface area contributed by atoms with Crippen molar-refractivity contribution in [3.8, 4) is 11.3 Å². The number of halogens is 1. The van der Waals surface area contributed by atoms with E-state index in [-0.39, 0.29) is 28.1 Å². The molecule has 148 valence electrons. The molecule has 29 heavy (non-hydrogen) atoms. The number of carbonyl (C=O) groups excluding carboxylic acids is 2. The van der Waals surface area contributed by atoms with Gasteiger partial charge in [-0.05, 0) is 30.4 Å². The molecule has 0 aliphatic carbocycles. The number of aryl methyl sites for hydroxylation is 1. The summed E-state index contributed by atoms with van der Waals surface area (Å²) in [5, 5.41) is 17.8. The van der Waals surface area contributed by atoms with Gasteiger partial charge < -0.3 is 0 Å². The smallest absolute Gasteiger partial charge is 0.269 e. The monoisotopic (exact) mass is 431 g/mol. The van der Waals surface area contributed by atoms with E-state index in [4.69, 9.17) is 23.8 Å². The molecule has 0 atom stereocenters. The molecule has 1 saturated heterocycles. The average molecular weight is 432 g/mol. The van der Waals surface area contributed by atoms with Gasteiger partial charge >= 0.3 is 0 Å². The quantitative estimate of drug-likeness (QED) is 0.194. The van der Waals surface area contributed by atoms with Crippen LogP contribution >= 0.6 is 23.8 Å². The topological polar surface area (TPSA) is 110 Å². The summed E-state index contributed by atoms with van der Waals surface area (Å²) in [6.45, 7) is 3.70. The Morgan fingerprint density at radius 1 is 1.34 bits per heavy atom. The van der Waals surface area contributed by atoms with E-state index in [0.717, 1.165) is 0 Å². The van der Waals surface area contributed by atoms with Crippen molar-refractivity contribution in [1.29, 1.82) is 0 Å². The van der Waals surface area contributed by atoms with Crippen LogP contribution in [0.25, 0.3) is 17.3 Å². The van der Waals surface area contributed by atoms with Gasteiger partial charge in [0.15, 0.2) is 5.11 Å². The van der Waals surface area contributed by atoms with Gasteiger partial charge in [-0.3, -0.25) is 34.6 Å². The molecule has 0 radical (unpaired) electrons. The van der Waals surface area contributed by atoms with Crippen molar-refractivity contribution < 1.29 is 14.5 Å². The minimum absolute atomic E-state index is 0.00933. The van der Waals surface area contributed by atoms with E-state index in [1.807, 2.05) is 0 Å². The fourth-order valence-corrected chi connectivity index (χ4v) is 3.17. The van der Waals surface area contributed by atoms with E-state index in [9.17, 15) is 19.7 Å². The molecule has 0 saturated carbocycles. The van der Waals surface area contributed by atoms with E-state index < -0.39 is 16.7 Å². The molecule has 1 aromatic carbocycles. The van der Waals surface area contributed by atoms with Crippen molar-refractivity contribution in [2.75, 3.05) is 6.54 Å². The Morgan fingerprint density at radius 3 is 2.59 bits per heavy atom. The second-order valence-corrected chi connectivity index (χ2v) is 6.75. The number of nitro groups is 1. The Labute approximate surface area is 175 Å². The van der Waals surface area contributed by atoms with Crippen LogP contribution in [0, 0.1) is 10.1 Å². The molecule has 11 heteroatoms. The minimum Gasteiger partial charge on any atom is -0.298 e. The van der Waals surface area contributed by atoms with Crippen molar-refractivity contribution in [3.63, 3.8) is 0 Å². The van der Waals surface area contributed by atoms with Gasteiger partial charge in [-0.25, -0.2) is 0 Å². The van der Waals surface area contributed by atoms with Gasteiger partial charge in [0.25, 0.3) is 17.5 Å². The minimum atomic E-state index is -0.658. The van der Waals surface area contributed by atoms with Crippen molar-refractivity contribution in [1.82, 2.24) is 20.0 Å². The average Bonchev–Trinajstić information content (AvgIpc) is 2.96. The Hall–Kier alpha value is -3.37. The van der Waals surface area contributed by atoms with Crippen molar-refractivity contribution in [2.24, 2.45) is 7.05 Å². The number of nitrogens with one attached hydrogen (secondary N) is 1. The molecule has 2 heterocycles. The zero-order chi connectivity index (χ0) is 21.3. The first-order valence-electron chi connectivity index (χ1n) is 8.21. The van der Waals surface area contributed by atoms with E-state index in [0.29, 0.717) is 16.8 Å². The summed E-state index contributed by atoms with van der Waals surface area (Å²) in [6, 6.07) is 5.69. The third-order valence-corrected chi connectivity index (χ3v) is 4.92. The summed E-state index contributed by atoms with van der Waals surface area (Å²) in [6.07, 6.45) is 2.82. The lowest BCUT2D eigenvalue weighted by atomic mass is 10.0. The molecular weight excluding hydrogens is 418 g/mol. The van der Waals surface area contributed by atoms with Crippen molar-refractivity contribution in [2.45, 2.75) is 0 Å². The Morgan fingerprint density at radius 2 is 2.00 bits per heavy atom. The summed E-state index contributed by atoms with van der Waals surface area (Å²) in [5.41, 5.74) is 0.980. The summed E-state index contributed by atoms with van der Waals surface area (Å²) in [4.78, 5) is 36.7. The number of carbonyl (C=O) groups is 2. The number of nitro benzene ring substituents is 1. The fraction of sp³-hybridized carbons (Fsp3) is 0.111. The second-order valence-electron chi connectivity index (χ2n) is 6.00. The highest BCUT2D eigenvalue weighted by Gasteiger charge is 2.33. The number of rotatable bonds is 5. The lowest BCUT2D eigenvalue weighted by molar-refractivity contribution is -0.384. The van der Waals surface area contributed by atoms with Crippen molar-refractivity contribution >= 4 is 52.5 Å². The predicted molar refractivity (Wildman–Crippen MR) is 111 cm³/mol. The second kappa shape index (κ2) is 7.94. The molecule has 0 spiro atoms. The summed E-state index contributed by atoms with van der Waals surface area (Å²) in [5.74, 6) is -1.25. The summed E-state index contributed by atoms with van der Waals surface area (Å²) >= 11 is 11.4. The summed E-state index contributed by atoms with van der Waals surface area (Å²) in [7, 11) is 1.60. The van der Waals surface area contributed by atoms with Gasteiger partial charge in [0.2, 0.25) is 0 Å². The number of hydrogen-bond donors (Lipinski definition) is 1. The zero-order valence-corrected chi connectivity index (χ0v) is 16.7. The standard InChI is InChI=1S/C18H14ClN5O4S/c1-3-8-23-17(26)13(16(25)20-18(23)29)9-12-14(21-22(2)15(12)19)10-4-6-11(7-5-10)24(27)28/h3-7,9H,1,8H2,2H3,(H,20,25,29). The Bertz CT molecular complexity index is 1090. The van der Waals surface area contributed by atoms with Crippen LogP contribution in [0.1, 0.15) is 5.56 Å². The molecule has 1 aliphatic rings. The SMILES string of the molecule is C=CCN1C(=O)C(=Cc2c(-c3ccc([N+](=O)[O-])cc3)nn(C)c2Cl)C(=O)NC1=S. The molecule has 0 bridgehead atoms. The Kier molecular flexibility index (Phi) is 5.57. The third kappa shape index (κ3) is 3.80. The molecule has 1 N–H and O–H groups in total. The molecule has 1 aromatic heterocycles. The van der Waals surface area contributed by atoms with Crippen LogP contribution in [0.4, 0.5) is 5.69 Å². The molecule has 1 fully saturated rings. The van der Waals surface area contributed by atoms with Crippen LogP contribution in [0.5, 0.6) is 0 Å². The molecule has 2 aromatic rings. The molecular formula is C18H14ClN5O4S. The van der Waals surface area contributed by atoms with Crippen molar-refractivity contribution in [3.05, 3.63) is 63.3 Å². The van der Waals surface area contributed by atoms with E-state index in [1.165, 1.54) is 46.0 Å². The van der Waals surface area contributed by atoms with Gasteiger partial charge in [0.1, 0.15) is 16.4 Å². The van der Waals surface area contributed by atoms with Crippen LogP contribution in [-0.4, -0.2) is 43.1 Å². The first-order chi connectivity index (χ1) is 13.7. The zero-order valence-electron chi connectivity index (χ0n) is 15.1. The molecule has 1 aliphatic heterocycles. The molecule has 0 unspecified atom stereocenters. The number of hydrogen-bond acceptors (Lipinski definition) is 6. The fourth-order valence-electron chi connectivity index (χ4n) is 2.74. The van der Waals surface area contributed by atoms with Crippen LogP contribution in [-0.2, 0) is 16.6 Å². The van der Waals surface area contributed by atoms with Gasteiger partial charge in [-0.2, -0.15) is 5.10 Å². The van der Waals surface area contributed by atoms with Crippen LogP contribution in [0.2, 0.25) is 5.15 Å². The van der Waals surface area contributed by atoms with E-state index >= 15 is 0 Å². The van der Waals surface area contributed by atoms with Gasteiger partial charge in [0, 0.05) is 36.9 Å². The number of thiocarbonyl (C=S) groups is 1. The highest BCUT2D eigenvalue weighted by molar-refractivity contribution is 7.80. The first kappa shape index (κ1) is 20.4. The summed E-state index contributed by atoms with van der Waals surface area (Å²) < 4.78 is 1.38. The van der Waals surface area contributed by atoms with Gasteiger partial charge in [-0.1, -0.05) is 17.7 Å². The number of aromatic nitrogens is 2. The van der Waals surface area contributed by atoms with E-state index in [2.05, 4.69) is 17.0 Å². The van der Waals surface area contributed by atoms with Crippen LogP contribution in [0.3, 0.4) is 0 Å². The van der Waals surface area contributed by atoms with Crippen LogP contribution in [0.15, 0.2) is 42.5 Å². The number of benzene rings is 1. The Balaban J connectivity index is 2.10. The highest BCUT2D eigenvalue weighted by Crippen LogP contribution is 2.32. The lowest BCUT2D eigenvalue weighted by Crippen LogP contribution is -2.53. The normalized spacial score (nSPS) is 15.6. The van der Waals surface area contributed by atoms with Gasteiger partial charge in [0.05, 0.1) is 4.92 Å². The highest BCUT2D eigenvalue weighted by atomic mass is 35.5. The van der Waals surface area contributed by atoms with E-state index in [1.54, 1.807) is 7.05 Å².